The second-order valence-corrected chi connectivity index (χ2v) is 6.34. The van der Waals surface area contributed by atoms with Crippen LogP contribution in [-0.4, -0.2) is 35.1 Å². The molecule has 1 amide bonds. The van der Waals surface area contributed by atoms with Gasteiger partial charge in [-0.05, 0) is 18.9 Å². The number of ether oxygens (including phenoxy) is 1. The molecule has 6 heteroatoms. The minimum Gasteiger partial charge on any atom is -0.462 e. The summed E-state index contributed by atoms with van der Waals surface area (Å²) in [5.41, 5.74) is 2.12. The Hall–Kier alpha value is -2.63. The van der Waals surface area contributed by atoms with E-state index in [0.29, 0.717) is 42.9 Å². The van der Waals surface area contributed by atoms with Gasteiger partial charge in [-0.3, -0.25) is 4.79 Å². The molecule has 0 radical (unpaired) electrons. The number of nitrogens with zero attached hydrogens (tertiary/aromatic N) is 2. The van der Waals surface area contributed by atoms with Crippen LogP contribution in [0, 0.1) is 12.8 Å². The lowest BCUT2D eigenvalue weighted by Gasteiger charge is -2.16. The first-order valence-corrected chi connectivity index (χ1v) is 8.52. The summed E-state index contributed by atoms with van der Waals surface area (Å²) in [5, 5.41) is 3.87. The third kappa shape index (κ3) is 3.90. The highest BCUT2D eigenvalue weighted by molar-refractivity contribution is 5.91. The fraction of sp³-hybridized carbons (Fsp3) is 0.421. The van der Waals surface area contributed by atoms with E-state index in [1.54, 1.807) is 6.92 Å². The first-order chi connectivity index (χ1) is 12.1. The molecule has 2 heterocycles. The molecule has 3 rings (SSSR count). The summed E-state index contributed by atoms with van der Waals surface area (Å²) in [5.74, 6) is 0.158. The zero-order chi connectivity index (χ0) is 17.8. The molecule has 25 heavy (non-hydrogen) atoms. The van der Waals surface area contributed by atoms with Crippen molar-refractivity contribution in [2.24, 2.45) is 5.92 Å². The predicted octanol–water partition coefficient (Wildman–Crippen LogP) is 2.75. The maximum Gasteiger partial charge on any atom is 0.343 e. The molecule has 1 aromatic carbocycles. The number of aromatic nitrogens is 1. The minimum atomic E-state index is -0.426. The molecule has 1 aliphatic heterocycles. The lowest BCUT2D eigenvalue weighted by Crippen LogP contribution is -2.25. The lowest BCUT2D eigenvalue weighted by molar-refractivity contribution is -0.128. The summed E-state index contributed by atoms with van der Waals surface area (Å²) in [6.45, 7) is 5.03. The van der Waals surface area contributed by atoms with Crippen molar-refractivity contribution in [3.05, 3.63) is 52.9 Å². The highest BCUT2D eigenvalue weighted by Gasteiger charge is 2.31. The van der Waals surface area contributed by atoms with Crippen LogP contribution >= 0.6 is 0 Å². The quantitative estimate of drug-likeness (QED) is 0.755. The number of carbonyl (C=O) groups is 2. The van der Waals surface area contributed by atoms with E-state index in [2.05, 4.69) is 5.16 Å². The van der Waals surface area contributed by atoms with Gasteiger partial charge in [0.25, 0.3) is 0 Å². The van der Waals surface area contributed by atoms with Crippen molar-refractivity contribution in [1.29, 1.82) is 0 Å². The Morgan fingerprint density at radius 1 is 1.36 bits per heavy atom. The fourth-order valence-electron chi connectivity index (χ4n) is 3.11. The summed E-state index contributed by atoms with van der Waals surface area (Å²) in [4.78, 5) is 26.3. The van der Waals surface area contributed by atoms with Gasteiger partial charge in [-0.1, -0.05) is 42.4 Å². The molecule has 0 aliphatic carbocycles. The van der Waals surface area contributed by atoms with Gasteiger partial charge in [-0.25, -0.2) is 4.79 Å². The molecule has 1 saturated heterocycles. The largest absolute Gasteiger partial charge is 0.462 e. The van der Waals surface area contributed by atoms with Gasteiger partial charge in [0.15, 0.2) is 0 Å². The van der Waals surface area contributed by atoms with E-state index in [4.69, 9.17) is 9.26 Å². The van der Waals surface area contributed by atoms with Gasteiger partial charge in [0, 0.05) is 25.4 Å². The second kappa shape index (κ2) is 7.51. The zero-order valence-electron chi connectivity index (χ0n) is 14.5. The molecule has 0 N–H and O–H groups in total. The highest BCUT2D eigenvalue weighted by atomic mass is 16.5. The van der Waals surface area contributed by atoms with E-state index in [-0.39, 0.29) is 18.4 Å². The Labute approximate surface area is 146 Å². The second-order valence-electron chi connectivity index (χ2n) is 6.34. The van der Waals surface area contributed by atoms with Crippen LogP contribution in [-0.2, 0) is 22.5 Å². The molecular formula is C19H22N2O4. The van der Waals surface area contributed by atoms with Crippen LogP contribution in [0.2, 0.25) is 0 Å². The lowest BCUT2D eigenvalue weighted by atomic mass is 10.1. The molecule has 2 aromatic rings. The van der Waals surface area contributed by atoms with E-state index < -0.39 is 5.97 Å². The molecule has 0 spiro atoms. The third-order valence-electron chi connectivity index (χ3n) is 4.43. The summed E-state index contributed by atoms with van der Waals surface area (Å²) in [7, 11) is 0. The van der Waals surface area contributed by atoms with Crippen molar-refractivity contribution in [1.82, 2.24) is 10.1 Å². The normalized spacial score (nSPS) is 17.1. The standard InChI is InChI=1S/C19H22N2O4/c1-3-16-18(13(2)25-20-16)19(23)24-12-15-9-17(22)21(11-15)10-14-7-5-4-6-8-14/h4-8,15H,3,9-12H2,1-2H3/t15-/m0/s1. The van der Waals surface area contributed by atoms with E-state index >= 15 is 0 Å². The Bertz CT molecular complexity index is 754. The number of aryl methyl sites for hydroxylation is 2. The van der Waals surface area contributed by atoms with Crippen LogP contribution < -0.4 is 0 Å². The van der Waals surface area contributed by atoms with Crippen LogP contribution in [0.1, 0.15) is 40.7 Å². The molecule has 0 unspecified atom stereocenters. The first kappa shape index (κ1) is 17.2. The number of benzene rings is 1. The van der Waals surface area contributed by atoms with Crippen LogP contribution in [0.15, 0.2) is 34.9 Å². The fourth-order valence-corrected chi connectivity index (χ4v) is 3.11. The minimum absolute atomic E-state index is 0.0189. The summed E-state index contributed by atoms with van der Waals surface area (Å²) in [6, 6.07) is 9.88. The Kier molecular flexibility index (Phi) is 5.16. The van der Waals surface area contributed by atoms with Gasteiger partial charge >= 0.3 is 5.97 Å². The zero-order valence-corrected chi connectivity index (χ0v) is 14.5. The highest BCUT2D eigenvalue weighted by Crippen LogP contribution is 2.22. The Morgan fingerprint density at radius 3 is 2.84 bits per heavy atom. The molecule has 6 nitrogen and oxygen atoms in total. The van der Waals surface area contributed by atoms with Gasteiger partial charge in [0.2, 0.25) is 5.91 Å². The van der Waals surface area contributed by atoms with E-state index in [9.17, 15) is 9.59 Å². The monoisotopic (exact) mass is 342 g/mol. The molecule has 1 atom stereocenters. The number of hydrogen-bond acceptors (Lipinski definition) is 5. The number of hydrogen-bond donors (Lipinski definition) is 0. The molecule has 1 fully saturated rings. The number of esters is 1. The van der Waals surface area contributed by atoms with Crippen molar-refractivity contribution in [3.8, 4) is 0 Å². The van der Waals surface area contributed by atoms with Gasteiger partial charge in [-0.2, -0.15) is 0 Å². The van der Waals surface area contributed by atoms with E-state index in [1.165, 1.54) is 0 Å². The maximum atomic E-state index is 12.3. The van der Waals surface area contributed by atoms with Crippen molar-refractivity contribution < 1.29 is 18.8 Å². The van der Waals surface area contributed by atoms with Crippen LogP contribution in [0.4, 0.5) is 0 Å². The molecular weight excluding hydrogens is 320 g/mol. The van der Waals surface area contributed by atoms with Gasteiger partial charge in [-0.15, -0.1) is 0 Å². The topological polar surface area (TPSA) is 72.6 Å². The Balaban J connectivity index is 1.55. The summed E-state index contributed by atoms with van der Waals surface area (Å²) >= 11 is 0. The van der Waals surface area contributed by atoms with Crippen LogP contribution in [0.25, 0.3) is 0 Å². The van der Waals surface area contributed by atoms with Crippen molar-refractivity contribution in [3.63, 3.8) is 0 Å². The van der Waals surface area contributed by atoms with E-state index in [0.717, 1.165) is 5.56 Å². The summed E-state index contributed by atoms with van der Waals surface area (Å²) in [6.07, 6.45) is 1.01. The van der Waals surface area contributed by atoms with Crippen molar-refractivity contribution in [2.75, 3.05) is 13.2 Å². The van der Waals surface area contributed by atoms with Crippen LogP contribution in [0.3, 0.4) is 0 Å². The maximum absolute atomic E-state index is 12.3. The van der Waals surface area contributed by atoms with Gasteiger partial charge in [0.05, 0.1) is 12.3 Å². The number of amides is 1. The van der Waals surface area contributed by atoms with Crippen molar-refractivity contribution >= 4 is 11.9 Å². The summed E-state index contributed by atoms with van der Waals surface area (Å²) < 4.78 is 10.5. The van der Waals surface area contributed by atoms with Gasteiger partial charge < -0.3 is 14.2 Å². The van der Waals surface area contributed by atoms with Gasteiger partial charge in [0.1, 0.15) is 11.3 Å². The molecule has 0 saturated carbocycles. The Morgan fingerprint density at radius 2 is 2.12 bits per heavy atom. The molecule has 132 valence electrons. The SMILES string of the molecule is CCc1noc(C)c1C(=O)OC[C@H]1CC(=O)N(Cc2ccccc2)C1. The molecule has 1 aliphatic rings. The average molecular weight is 342 g/mol. The average Bonchev–Trinajstić information content (AvgIpc) is 3.16. The van der Waals surface area contributed by atoms with Crippen molar-refractivity contribution in [2.45, 2.75) is 33.2 Å². The number of rotatable bonds is 6. The third-order valence-corrected chi connectivity index (χ3v) is 4.43. The first-order valence-electron chi connectivity index (χ1n) is 8.52. The molecule has 0 bridgehead atoms. The van der Waals surface area contributed by atoms with E-state index in [1.807, 2.05) is 42.2 Å². The van der Waals surface area contributed by atoms with Crippen LogP contribution in [0.5, 0.6) is 0 Å². The smallest absolute Gasteiger partial charge is 0.343 e. The number of likely N-dealkylation sites (tertiary alicyclic amines) is 1. The number of carbonyl (C=O) groups excluding carboxylic acids is 2. The predicted molar refractivity (Wildman–Crippen MR) is 90.9 cm³/mol. The molecule has 1 aromatic heterocycles.